The Labute approximate surface area is 179 Å². The van der Waals surface area contributed by atoms with Crippen LogP contribution >= 0.6 is 11.8 Å². The molecule has 160 valence electrons. The number of ether oxygens (including phenoxy) is 3. The smallest absolute Gasteiger partial charge is 0.338 e. The number of nitrogens with zero attached hydrogens (tertiary/aromatic N) is 2. The molecular formula is C21H24N2O6S. The highest BCUT2D eigenvalue weighted by Gasteiger charge is 2.46. The lowest BCUT2D eigenvalue weighted by Crippen LogP contribution is -2.40. The van der Waals surface area contributed by atoms with Crippen molar-refractivity contribution in [2.24, 2.45) is 4.99 Å². The molecule has 1 amide bonds. The standard InChI is InChI=1S/C21H24N2O6S/c1-6-27-16-10-14(8-9-15(16)29-13(5)24)18-17(20(26)28-7-2)11(3)22-21-23(18)19(25)12(4)30-21/h8-10,12,18H,6-7H2,1-5H3/t12-,18+/m1/s1. The van der Waals surface area contributed by atoms with Crippen LogP contribution in [-0.4, -0.2) is 46.4 Å². The molecule has 0 unspecified atom stereocenters. The second-order valence-electron chi connectivity index (χ2n) is 6.72. The topological polar surface area (TPSA) is 94.5 Å². The predicted molar refractivity (Wildman–Crippen MR) is 112 cm³/mol. The monoisotopic (exact) mass is 432 g/mol. The SMILES string of the molecule is CCOC(=O)C1=C(C)N=C2S[C@H](C)C(=O)N2[C@H]1c1ccc(OC(C)=O)c(OCC)c1. The summed E-state index contributed by atoms with van der Waals surface area (Å²) in [6, 6.07) is 4.28. The maximum Gasteiger partial charge on any atom is 0.338 e. The Bertz CT molecular complexity index is 955. The van der Waals surface area contributed by atoms with E-state index in [1.54, 1.807) is 39.0 Å². The number of amides is 1. The van der Waals surface area contributed by atoms with E-state index in [4.69, 9.17) is 14.2 Å². The van der Waals surface area contributed by atoms with E-state index in [9.17, 15) is 14.4 Å². The van der Waals surface area contributed by atoms with Crippen molar-refractivity contribution in [1.82, 2.24) is 4.90 Å². The summed E-state index contributed by atoms with van der Waals surface area (Å²) in [4.78, 5) is 43.2. The molecule has 1 aromatic carbocycles. The summed E-state index contributed by atoms with van der Waals surface area (Å²) >= 11 is 1.35. The normalized spacial score (nSPS) is 20.6. The first-order chi connectivity index (χ1) is 14.3. The molecule has 3 rings (SSSR count). The zero-order chi connectivity index (χ0) is 22.0. The molecule has 9 heteroatoms. The third-order valence-corrected chi connectivity index (χ3v) is 5.64. The number of rotatable bonds is 6. The van der Waals surface area contributed by atoms with Gasteiger partial charge in [0.2, 0.25) is 5.91 Å². The number of fused-ring (bicyclic) bond motifs is 1. The molecule has 1 saturated heterocycles. The van der Waals surface area contributed by atoms with Gasteiger partial charge >= 0.3 is 11.9 Å². The Balaban J connectivity index is 2.15. The van der Waals surface area contributed by atoms with Crippen LogP contribution in [0.25, 0.3) is 0 Å². The van der Waals surface area contributed by atoms with Gasteiger partial charge in [0.1, 0.15) is 0 Å². The minimum atomic E-state index is -0.716. The van der Waals surface area contributed by atoms with E-state index < -0.39 is 18.0 Å². The number of allylic oxidation sites excluding steroid dienone is 1. The van der Waals surface area contributed by atoms with Crippen LogP contribution in [0, 0.1) is 0 Å². The molecule has 0 aromatic heterocycles. The Morgan fingerprint density at radius 3 is 2.57 bits per heavy atom. The van der Waals surface area contributed by atoms with Gasteiger partial charge in [-0.15, -0.1) is 0 Å². The number of hydrogen-bond acceptors (Lipinski definition) is 8. The number of benzene rings is 1. The van der Waals surface area contributed by atoms with Crippen molar-refractivity contribution in [3.05, 3.63) is 35.0 Å². The maximum absolute atomic E-state index is 12.9. The molecule has 0 bridgehead atoms. The van der Waals surface area contributed by atoms with Gasteiger partial charge < -0.3 is 14.2 Å². The van der Waals surface area contributed by atoms with Crippen molar-refractivity contribution in [2.45, 2.75) is 45.9 Å². The summed E-state index contributed by atoms with van der Waals surface area (Å²) < 4.78 is 16.1. The van der Waals surface area contributed by atoms with Gasteiger partial charge in [0.15, 0.2) is 16.7 Å². The lowest BCUT2D eigenvalue weighted by Gasteiger charge is -2.33. The minimum absolute atomic E-state index is 0.139. The van der Waals surface area contributed by atoms with Crippen LogP contribution in [-0.2, 0) is 19.1 Å². The first-order valence-corrected chi connectivity index (χ1v) is 10.6. The number of carbonyl (C=O) groups excluding carboxylic acids is 3. The van der Waals surface area contributed by atoms with Crippen molar-refractivity contribution in [1.29, 1.82) is 0 Å². The highest BCUT2D eigenvalue weighted by molar-refractivity contribution is 8.15. The minimum Gasteiger partial charge on any atom is -0.490 e. The number of thioether (sulfide) groups is 1. The number of hydrogen-bond donors (Lipinski definition) is 0. The number of carbonyl (C=O) groups is 3. The fraction of sp³-hybridized carbons (Fsp3) is 0.429. The molecule has 1 fully saturated rings. The molecule has 2 heterocycles. The van der Waals surface area contributed by atoms with E-state index in [-0.39, 0.29) is 23.5 Å². The van der Waals surface area contributed by atoms with Gasteiger partial charge in [0.05, 0.1) is 35.8 Å². The van der Waals surface area contributed by atoms with E-state index in [1.165, 1.54) is 23.6 Å². The Hall–Kier alpha value is -2.81. The van der Waals surface area contributed by atoms with E-state index in [1.807, 2.05) is 6.92 Å². The molecule has 30 heavy (non-hydrogen) atoms. The molecule has 2 aliphatic rings. The van der Waals surface area contributed by atoms with Crippen molar-refractivity contribution in [3.8, 4) is 11.5 Å². The van der Waals surface area contributed by atoms with Gasteiger partial charge in [-0.2, -0.15) is 0 Å². The molecule has 0 aliphatic carbocycles. The van der Waals surface area contributed by atoms with Crippen molar-refractivity contribution < 1.29 is 28.6 Å². The van der Waals surface area contributed by atoms with Gasteiger partial charge in [0, 0.05) is 6.92 Å². The summed E-state index contributed by atoms with van der Waals surface area (Å²) in [7, 11) is 0. The Morgan fingerprint density at radius 1 is 1.20 bits per heavy atom. The van der Waals surface area contributed by atoms with Crippen LogP contribution < -0.4 is 9.47 Å². The van der Waals surface area contributed by atoms with Crippen molar-refractivity contribution in [3.63, 3.8) is 0 Å². The molecule has 2 atom stereocenters. The number of amidine groups is 1. The quantitative estimate of drug-likeness (QED) is 0.503. The summed E-state index contributed by atoms with van der Waals surface area (Å²) in [5, 5.41) is 0.234. The van der Waals surface area contributed by atoms with E-state index in [0.717, 1.165) is 0 Å². The van der Waals surface area contributed by atoms with Gasteiger partial charge in [-0.1, -0.05) is 17.8 Å². The molecule has 0 saturated carbocycles. The molecule has 0 spiro atoms. The second-order valence-corrected chi connectivity index (χ2v) is 8.03. The van der Waals surface area contributed by atoms with Crippen molar-refractivity contribution >= 4 is 34.8 Å². The van der Waals surface area contributed by atoms with Crippen LogP contribution in [0.1, 0.15) is 46.2 Å². The lowest BCUT2D eigenvalue weighted by molar-refractivity contribution is -0.139. The highest BCUT2D eigenvalue weighted by atomic mass is 32.2. The molecular weight excluding hydrogens is 408 g/mol. The number of esters is 2. The Kier molecular flexibility index (Phi) is 6.50. The lowest BCUT2D eigenvalue weighted by atomic mass is 9.94. The first kappa shape index (κ1) is 21.9. The average molecular weight is 432 g/mol. The molecule has 8 nitrogen and oxygen atoms in total. The third kappa shape index (κ3) is 4.07. The second kappa shape index (κ2) is 8.91. The molecule has 0 radical (unpaired) electrons. The molecule has 0 N–H and O–H groups in total. The predicted octanol–water partition coefficient (Wildman–Crippen LogP) is 3.22. The van der Waals surface area contributed by atoms with Crippen LogP contribution in [0.4, 0.5) is 0 Å². The van der Waals surface area contributed by atoms with Gasteiger partial charge in [0.25, 0.3) is 0 Å². The maximum atomic E-state index is 12.9. The van der Waals surface area contributed by atoms with Gasteiger partial charge in [-0.3, -0.25) is 14.5 Å². The highest BCUT2D eigenvalue weighted by Crippen LogP contribution is 2.44. The fourth-order valence-corrected chi connectivity index (χ4v) is 4.42. The zero-order valence-electron chi connectivity index (χ0n) is 17.6. The fourth-order valence-electron chi connectivity index (χ4n) is 3.39. The third-order valence-electron chi connectivity index (χ3n) is 4.59. The van der Waals surface area contributed by atoms with Crippen LogP contribution in [0.5, 0.6) is 11.5 Å². The van der Waals surface area contributed by atoms with Crippen LogP contribution in [0.3, 0.4) is 0 Å². The van der Waals surface area contributed by atoms with Crippen molar-refractivity contribution in [2.75, 3.05) is 13.2 Å². The van der Waals surface area contributed by atoms with Gasteiger partial charge in [-0.25, -0.2) is 9.79 Å². The van der Waals surface area contributed by atoms with Gasteiger partial charge in [-0.05, 0) is 45.4 Å². The largest absolute Gasteiger partial charge is 0.490 e. The molecule has 1 aromatic rings. The zero-order valence-corrected chi connectivity index (χ0v) is 18.4. The first-order valence-electron chi connectivity index (χ1n) is 9.69. The number of aliphatic imine (C=N–C) groups is 1. The van der Waals surface area contributed by atoms with E-state index in [0.29, 0.717) is 34.4 Å². The summed E-state index contributed by atoms with van der Waals surface area (Å²) in [5.74, 6) is -0.518. The summed E-state index contributed by atoms with van der Waals surface area (Å²) in [6.45, 7) is 8.93. The molecule has 2 aliphatic heterocycles. The van der Waals surface area contributed by atoms with Crippen LogP contribution in [0.2, 0.25) is 0 Å². The van der Waals surface area contributed by atoms with Crippen LogP contribution in [0.15, 0.2) is 34.5 Å². The van der Waals surface area contributed by atoms with E-state index >= 15 is 0 Å². The Morgan fingerprint density at radius 2 is 1.93 bits per heavy atom. The summed E-state index contributed by atoms with van der Waals surface area (Å²) in [5.41, 5.74) is 1.43. The summed E-state index contributed by atoms with van der Waals surface area (Å²) in [6.07, 6.45) is 0. The van der Waals surface area contributed by atoms with E-state index in [2.05, 4.69) is 4.99 Å². The average Bonchev–Trinajstić information content (AvgIpc) is 2.95.